The van der Waals surface area contributed by atoms with Gasteiger partial charge in [0.25, 0.3) is 0 Å². The van der Waals surface area contributed by atoms with E-state index in [2.05, 4.69) is 15.3 Å². The van der Waals surface area contributed by atoms with Gasteiger partial charge in [0.1, 0.15) is 29.3 Å². The topological polar surface area (TPSA) is 84.1 Å². The lowest BCUT2D eigenvalue weighted by Crippen LogP contribution is -2.07. The number of anilines is 3. The van der Waals surface area contributed by atoms with Gasteiger partial charge in [-0.3, -0.25) is 0 Å². The Morgan fingerprint density at radius 2 is 1.69 bits per heavy atom. The Labute approximate surface area is 145 Å². The summed E-state index contributed by atoms with van der Waals surface area (Å²) in [4.78, 5) is 7.84. The molecule has 0 atom stereocenters. The monoisotopic (exact) mass is 364 g/mol. The molecule has 3 aromatic rings. The minimum Gasteiger partial charge on any atom is -0.508 e. The predicted octanol–water partition coefficient (Wildman–Crippen LogP) is 4.33. The summed E-state index contributed by atoms with van der Waals surface area (Å²) in [6.07, 6.45) is -3.53. The van der Waals surface area contributed by atoms with Crippen LogP contribution in [0.2, 0.25) is 0 Å². The van der Waals surface area contributed by atoms with Crippen LogP contribution in [0, 0.1) is 5.82 Å². The van der Waals surface area contributed by atoms with Crippen molar-refractivity contribution in [3.05, 3.63) is 60.2 Å². The third-order valence-electron chi connectivity index (χ3n) is 3.57. The van der Waals surface area contributed by atoms with Gasteiger partial charge in [-0.05, 0) is 42.5 Å². The molecule has 2 aromatic carbocycles. The molecule has 0 fully saturated rings. The lowest BCUT2D eigenvalue weighted by atomic mass is 10.1. The molecule has 1 aromatic heterocycles. The molecule has 4 N–H and O–H groups in total. The van der Waals surface area contributed by atoms with Gasteiger partial charge in [-0.15, -0.1) is 0 Å². The first kappa shape index (κ1) is 17.5. The van der Waals surface area contributed by atoms with Crippen LogP contribution in [0.5, 0.6) is 5.75 Å². The molecule has 134 valence electrons. The zero-order chi connectivity index (χ0) is 18.9. The van der Waals surface area contributed by atoms with E-state index in [0.29, 0.717) is 11.8 Å². The van der Waals surface area contributed by atoms with Gasteiger partial charge in [0.2, 0.25) is 0 Å². The summed E-state index contributed by atoms with van der Waals surface area (Å²) in [6.45, 7) is 0. The number of aromatic hydroxyl groups is 1. The minimum atomic E-state index is -4.65. The summed E-state index contributed by atoms with van der Waals surface area (Å²) in [7, 11) is 0. The van der Waals surface area contributed by atoms with Crippen LogP contribution >= 0.6 is 0 Å². The summed E-state index contributed by atoms with van der Waals surface area (Å²) in [5, 5.41) is 12.2. The number of benzene rings is 2. The molecule has 0 spiro atoms. The van der Waals surface area contributed by atoms with Crippen LogP contribution in [-0.2, 0) is 6.18 Å². The lowest BCUT2D eigenvalue weighted by Gasteiger charge is -2.13. The van der Waals surface area contributed by atoms with Crippen molar-refractivity contribution in [2.45, 2.75) is 6.18 Å². The number of alkyl halides is 3. The number of hydrogen-bond donors (Lipinski definition) is 3. The van der Waals surface area contributed by atoms with Gasteiger partial charge >= 0.3 is 6.18 Å². The first-order valence-corrected chi connectivity index (χ1v) is 7.29. The molecule has 5 nitrogen and oxygen atoms in total. The number of hydrogen-bond acceptors (Lipinski definition) is 5. The molecule has 0 aliphatic heterocycles. The van der Waals surface area contributed by atoms with E-state index < -0.39 is 17.6 Å². The summed E-state index contributed by atoms with van der Waals surface area (Å²) in [5.41, 5.74) is 5.17. The van der Waals surface area contributed by atoms with Crippen molar-refractivity contribution in [1.82, 2.24) is 9.97 Å². The SMILES string of the molecule is Nc1c(Nc2ccc(O)cc2)ncnc1-c1ccc(C(F)(F)F)cc1F. The van der Waals surface area contributed by atoms with Crippen molar-refractivity contribution in [3.63, 3.8) is 0 Å². The largest absolute Gasteiger partial charge is 0.508 e. The van der Waals surface area contributed by atoms with Crippen LogP contribution in [0.3, 0.4) is 0 Å². The molecule has 0 saturated carbocycles. The Kier molecular flexibility index (Phi) is 4.37. The van der Waals surface area contributed by atoms with E-state index in [1.54, 1.807) is 12.1 Å². The Morgan fingerprint density at radius 1 is 1.00 bits per heavy atom. The normalized spacial score (nSPS) is 11.4. The smallest absolute Gasteiger partial charge is 0.416 e. The lowest BCUT2D eigenvalue weighted by molar-refractivity contribution is -0.137. The van der Waals surface area contributed by atoms with Crippen LogP contribution in [0.4, 0.5) is 34.8 Å². The van der Waals surface area contributed by atoms with Gasteiger partial charge in [0, 0.05) is 11.3 Å². The summed E-state index contributed by atoms with van der Waals surface area (Å²) >= 11 is 0. The molecule has 0 saturated heterocycles. The number of nitrogen functional groups attached to an aromatic ring is 1. The number of rotatable bonds is 3. The molecule has 0 unspecified atom stereocenters. The van der Waals surface area contributed by atoms with Gasteiger partial charge in [0.05, 0.1) is 5.56 Å². The highest BCUT2D eigenvalue weighted by Crippen LogP contribution is 2.35. The van der Waals surface area contributed by atoms with Crippen molar-refractivity contribution in [3.8, 4) is 17.0 Å². The van der Waals surface area contributed by atoms with E-state index >= 15 is 0 Å². The van der Waals surface area contributed by atoms with E-state index in [0.717, 1.165) is 18.5 Å². The predicted molar refractivity (Wildman–Crippen MR) is 88.2 cm³/mol. The average Bonchev–Trinajstić information content (AvgIpc) is 2.58. The Balaban J connectivity index is 1.98. The molecule has 9 heteroatoms. The summed E-state index contributed by atoms with van der Waals surface area (Å²) < 4.78 is 52.2. The standard InChI is InChI=1S/C17H12F4N4O/c18-13-7-9(17(19,20)21)1-6-12(13)15-14(22)16(24-8-23-15)25-10-2-4-11(26)5-3-10/h1-8,26H,22H2,(H,23,24,25). The van der Waals surface area contributed by atoms with Gasteiger partial charge in [0.15, 0.2) is 5.82 Å². The summed E-state index contributed by atoms with van der Waals surface area (Å²) in [5.74, 6) is -0.875. The van der Waals surface area contributed by atoms with E-state index in [4.69, 9.17) is 5.73 Å². The molecular formula is C17H12F4N4O. The van der Waals surface area contributed by atoms with Crippen LogP contribution in [0.1, 0.15) is 5.56 Å². The second-order valence-corrected chi connectivity index (χ2v) is 5.35. The number of phenolic OH excluding ortho intramolecular Hbond substituents is 1. The second-order valence-electron chi connectivity index (χ2n) is 5.35. The highest BCUT2D eigenvalue weighted by molar-refractivity contribution is 5.82. The molecule has 3 rings (SSSR count). The van der Waals surface area contributed by atoms with E-state index in [1.165, 1.54) is 12.1 Å². The molecule has 0 radical (unpaired) electrons. The Bertz CT molecular complexity index is 942. The second kappa shape index (κ2) is 6.51. The van der Waals surface area contributed by atoms with Crippen molar-refractivity contribution in [1.29, 1.82) is 0 Å². The Morgan fingerprint density at radius 3 is 2.31 bits per heavy atom. The fourth-order valence-corrected chi connectivity index (χ4v) is 2.27. The quantitative estimate of drug-likeness (QED) is 0.476. The van der Waals surface area contributed by atoms with Gasteiger partial charge in [-0.25, -0.2) is 14.4 Å². The molecule has 0 amide bonds. The number of nitrogens with zero attached hydrogens (tertiary/aromatic N) is 2. The van der Waals surface area contributed by atoms with Crippen molar-refractivity contribution in [2.24, 2.45) is 0 Å². The highest BCUT2D eigenvalue weighted by atomic mass is 19.4. The maximum atomic E-state index is 14.2. The van der Waals surface area contributed by atoms with Crippen molar-refractivity contribution >= 4 is 17.2 Å². The molecule has 0 bridgehead atoms. The number of halogens is 4. The van der Waals surface area contributed by atoms with E-state index in [9.17, 15) is 22.7 Å². The third-order valence-corrected chi connectivity index (χ3v) is 3.57. The van der Waals surface area contributed by atoms with Gasteiger partial charge in [-0.2, -0.15) is 13.2 Å². The van der Waals surface area contributed by atoms with E-state index in [1.807, 2.05) is 0 Å². The zero-order valence-electron chi connectivity index (χ0n) is 13.0. The third kappa shape index (κ3) is 3.51. The number of aromatic nitrogens is 2. The Hall–Kier alpha value is -3.36. The van der Waals surface area contributed by atoms with Crippen LogP contribution in [-0.4, -0.2) is 15.1 Å². The summed E-state index contributed by atoms with van der Waals surface area (Å²) in [6, 6.07) is 8.13. The molecular weight excluding hydrogens is 352 g/mol. The van der Waals surface area contributed by atoms with Crippen molar-refractivity contribution in [2.75, 3.05) is 11.1 Å². The van der Waals surface area contributed by atoms with Crippen LogP contribution in [0.15, 0.2) is 48.8 Å². The number of phenols is 1. The van der Waals surface area contributed by atoms with Crippen LogP contribution in [0.25, 0.3) is 11.3 Å². The average molecular weight is 364 g/mol. The fourth-order valence-electron chi connectivity index (χ4n) is 2.27. The first-order chi connectivity index (χ1) is 12.3. The highest BCUT2D eigenvalue weighted by Gasteiger charge is 2.31. The fraction of sp³-hybridized carbons (Fsp3) is 0.0588. The first-order valence-electron chi connectivity index (χ1n) is 7.29. The van der Waals surface area contributed by atoms with Gasteiger partial charge in [-0.1, -0.05) is 0 Å². The molecule has 26 heavy (non-hydrogen) atoms. The number of nitrogens with one attached hydrogen (secondary N) is 1. The van der Waals surface area contributed by atoms with Gasteiger partial charge < -0.3 is 16.2 Å². The zero-order valence-corrected chi connectivity index (χ0v) is 13.0. The maximum Gasteiger partial charge on any atom is 0.416 e. The van der Waals surface area contributed by atoms with Crippen LogP contribution < -0.4 is 11.1 Å². The number of nitrogens with two attached hydrogens (primary N) is 1. The van der Waals surface area contributed by atoms with Crippen molar-refractivity contribution < 1.29 is 22.7 Å². The molecule has 1 heterocycles. The molecule has 0 aliphatic rings. The maximum absolute atomic E-state index is 14.2. The van der Waals surface area contributed by atoms with E-state index in [-0.39, 0.29) is 28.5 Å². The molecule has 0 aliphatic carbocycles. The minimum absolute atomic E-state index is 0.0285.